The van der Waals surface area contributed by atoms with Crippen molar-refractivity contribution in [3.05, 3.63) is 48.8 Å². The molecular weight excluding hydrogens is 356 g/mol. The van der Waals surface area contributed by atoms with Crippen LogP contribution < -0.4 is 10.1 Å². The number of amides is 1. The van der Waals surface area contributed by atoms with E-state index >= 15 is 0 Å². The van der Waals surface area contributed by atoms with Gasteiger partial charge in [0.1, 0.15) is 18.5 Å². The summed E-state index contributed by atoms with van der Waals surface area (Å²) >= 11 is 0. The fourth-order valence-electron chi connectivity index (χ4n) is 3.60. The topological polar surface area (TPSA) is 79.6 Å². The smallest absolute Gasteiger partial charge is 0.234 e. The quantitative estimate of drug-likeness (QED) is 0.676. The first-order chi connectivity index (χ1) is 13.6. The Kier molecular flexibility index (Phi) is 5.27. The molecular formula is C21H24N4O3. The standard InChI is InChI=1S/C21H24N4O3/c1-24-11-16(10-23-24)21-18-5-3-2-4-15(18)6-7-19(21)28-14-17(26)12-25-9-8-22-20(27)13-25/h2-7,10-11,17,26H,8-9,12-14H2,1H3,(H,22,27). The van der Waals surface area contributed by atoms with Crippen molar-refractivity contribution in [2.24, 2.45) is 7.05 Å². The Balaban J connectivity index is 1.54. The molecule has 1 aliphatic heterocycles. The zero-order valence-electron chi connectivity index (χ0n) is 15.8. The molecule has 2 aromatic carbocycles. The van der Waals surface area contributed by atoms with Crippen LogP contribution in [0.2, 0.25) is 0 Å². The van der Waals surface area contributed by atoms with Crippen LogP contribution in [-0.2, 0) is 11.8 Å². The fourth-order valence-corrected chi connectivity index (χ4v) is 3.60. The lowest BCUT2D eigenvalue weighted by atomic mass is 9.99. The van der Waals surface area contributed by atoms with Crippen molar-refractivity contribution in [1.29, 1.82) is 0 Å². The summed E-state index contributed by atoms with van der Waals surface area (Å²) in [5, 5.41) is 19.7. The van der Waals surface area contributed by atoms with Gasteiger partial charge in [0.25, 0.3) is 0 Å². The number of ether oxygens (including phenoxy) is 1. The van der Waals surface area contributed by atoms with Crippen molar-refractivity contribution in [3.63, 3.8) is 0 Å². The van der Waals surface area contributed by atoms with Crippen LogP contribution in [0.1, 0.15) is 0 Å². The highest BCUT2D eigenvalue weighted by molar-refractivity contribution is 5.99. The van der Waals surface area contributed by atoms with E-state index in [4.69, 9.17) is 4.74 Å². The van der Waals surface area contributed by atoms with Crippen molar-refractivity contribution in [2.75, 3.05) is 32.8 Å². The summed E-state index contributed by atoms with van der Waals surface area (Å²) in [7, 11) is 1.88. The van der Waals surface area contributed by atoms with Gasteiger partial charge in [0.2, 0.25) is 5.91 Å². The van der Waals surface area contributed by atoms with Gasteiger partial charge in [-0.15, -0.1) is 0 Å². The van der Waals surface area contributed by atoms with Gasteiger partial charge in [-0.2, -0.15) is 5.10 Å². The summed E-state index contributed by atoms with van der Waals surface area (Å²) in [5.74, 6) is 0.704. The van der Waals surface area contributed by atoms with E-state index in [-0.39, 0.29) is 12.5 Å². The van der Waals surface area contributed by atoms with Crippen LogP contribution in [0.4, 0.5) is 0 Å². The van der Waals surface area contributed by atoms with Crippen molar-refractivity contribution in [2.45, 2.75) is 6.10 Å². The first kappa shape index (κ1) is 18.5. The van der Waals surface area contributed by atoms with Gasteiger partial charge in [-0.05, 0) is 16.8 Å². The molecule has 0 radical (unpaired) electrons. The second-order valence-corrected chi connectivity index (χ2v) is 7.11. The molecule has 1 unspecified atom stereocenters. The number of benzene rings is 2. The minimum Gasteiger partial charge on any atom is -0.490 e. The Bertz CT molecular complexity index is 985. The maximum Gasteiger partial charge on any atom is 0.234 e. The van der Waals surface area contributed by atoms with Gasteiger partial charge in [0.05, 0.1) is 12.7 Å². The molecule has 0 saturated carbocycles. The zero-order chi connectivity index (χ0) is 19.5. The number of carbonyl (C=O) groups is 1. The van der Waals surface area contributed by atoms with Crippen LogP contribution in [0.15, 0.2) is 48.8 Å². The fraction of sp³-hybridized carbons (Fsp3) is 0.333. The molecule has 4 rings (SSSR count). The van der Waals surface area contributed by atoms with E-state index in [9.17, 15) is 9.90 Å². The van der Waals surface area contributed by atoms with Crippen LogP contribution in [0.25, 0.3) is 21.9 Å². The molecule has 7 heteroatoms. The second-order valence-electron chi connectivity index (χ2n) is 7.11. The maximum atomic E-state index is 11.5. The molecule has 7 nitrogen and oxygen atoms in total. The van der Waals surface area contributed by atoms with Gasteiger partial charge in [0, 0.05) is 44.0 Å². The first-order valence-electron chi connectivity index (χ1n) is 9.41. The number of aliphatic hydroxyl groups excluding tert-OH is 1. The highest BCUT2D eigenvalue weighted by atomic mass is 16.5. The number of rotatable bonds is 6. The van der Waals surface area contributed by atoms with Crippen LogP contribution in [0.5, 0.6) is 5.75 Å². The molecule has 2 N–H and O–H groups in total. The lowest BCUT2D eigenvalue weighted by Gasteiger charge is -2.28. The lowest BCUT2D eigenvalue weighted by Crippen LogP contribution is -2.50. The van der Waals surface area contributed by atoms with Crippen LogP contribution >= 0.6 is 0 Å². The number of aromatic nitrogens is 2. The molecule has 1 atom stereocenters. The number of hydrogen-bond donors (Lipinski definition) is 2. The second kappa shape index (κ2) is 8.00. The molecule has 3 aromatic rings. The van der Waals surface area contributed by atoms with E-state index in [1.54, 1.807) is 4.68 Å². The number of fused-ring (bicyclic) bond motifs is 1. The summed E-state index contributed by atoms with van der Waals surface area (Å²) in [4.78, 5) is 13.4. The third kappa shape index (κ3) is 4.00. The van der Waals surface area contributed by atoms with E-state index in [0.29, 0.717) is 25.4 Å². The van der Waals surface area contributed by atoms with Crippen molar-refractivity contribution in [3.8, 4) is 16.9 Å². The lowest BCUT2D eigenvalue weighted by molar-refractivity contribution is -0.124. The predicted molar refractivity (Wildman–Crippen MR) is 107 cm³/mol. The average molecular weight is 380 g/mol. The molecule has 1 aliphatic rings. The van der Waals surface area contributed by atoms with E-state index in [2.05, 4.69) is 22.5 Å². The number of aliphatic hydroxyl groups is 1. The Morgan fingerprint density at radius 1 is 1.29 bits per heavy atom. The molecule has 0 aliphatic carbocycles. The van der Waals surface area contributed by atoms with Crippen LogP contribution in [0.3, 0.4) is 0 Å². The predicted octanol–water partition coefficient (Wildman–Crippen LogP) is 1.41. The average Bonchev–Trinajstić information content (AvgIpc) is 3.11. The van der Waals surface area contributed by atoms with Crippen LogP contribution in [0, 0.1) is 0 Å². The number of hydrogen-bond acceptors (Lipinski definition) is 5. The summed E-state index contributed by atoms with van der Waals surface area (Å²) < 4.78 is 7.79. The van der Waals surface area contributed by atoms with Gasteiger partial charge in [-0.25, -0.2) is 0 Å². The van der Waals surface area contributed by atoms with Gasteiger partial charge < -0.3 is 15.2 Å². The third-order valence-corrected chi connectivity index (χ3v) is 4.90. The number of aryl methyl sites for hydroxylation is 1. The van der Waals surface area contributed by atoms with Gasteiger partial charge in [-0.1, -0.05) is 30.3 Å². The summed E-state index contributed by atoms with van der Waals surface area (Å²) in [5.41, 5.74) is 1.94. The normalized spacial score (nSPS) is 16.1. The van der Waals surface area contributed by atoms with E-state index in [1.165, 1.54) is 0 Å². The highest BCUT2D eigenvalue weighted by Crippen LogP contribution is 2.37. The minimum atomic E-state index is -0.681. The molecule has 1 aromatic heterocycles. The molecule has 28 heavy (non-hydrogen) atoms. The molecule has 146 valence electrons. The maximum absolute atomic E-state index is 11.5. The van der Waals surface area contributed by atoms with E-state index in [0.717, 1.165) is 28.4 Å². The summed E-state index contributed by atoms with van der Waals surface area (Å²) in [6.07, 6.45) is 3.09. The third-order valence-electron chi connectivity index (χ3n) is 4.90. The number of nitrogens with zero attached hydrogens (tertiary/aromatic N) is 3. The Morgan fingerprint density at radius 3 is 2.93 bits per heavy atom. The monoisotopic (exact) mass is 380 g/mol. The minimum absolute atomic E-state index is 0.00670. The molecule has 1 fully saturated rings. The number of piperazine rings is 1. The van der Waals surface area contributed by atoms with Gasteiger partial charge >= 0.3 is 0 Å². The number of β-amino-alcohol motifs (C(OH)–C–C–N with tert-alkyl or cyclic N) is 1. The first-order valence-corrected chi connectivity index (χ1v) is 9.41. The highest BCUT2D eigenvalue weighted by Gasteiger charge is 2.20. The summed E-state index contributed by atoms with van der Waals surface area (Å²) in [6, 6.07) is 12.1. The van der Waals surface area contributed by atoms with E-state index in [1.807, 2.05) is 48.6 Å². The van der Waals surface area contributed by atoms with Crippen LogP contribution in [-0.4, -0.2) is 64.6 Å². The molecule has 0 bridgehead atoms. The Labute approximate surface area is 163 Å². The van der Waals surface area contributed by atoms with Crippen molar-refractivity contribution >= 4 is 16.7 Å². The summed E-state index contributed by atoms with van der Waals surface area (Å²) in [6.45, 7) is 2.23. The molecule has 1 amide bonds. The van der Waals surface area contributed by atoms with Gasteiger partial charge in [-0.3, -0.25) is 14.4 Å². The largest absolute Gasteiger partial charge is 0.490 e. The molecule has 2 heterocycles. The van der Waals surface area contributed by atoms with Crippen molar-refractivity contribution < 1.29 is 14.6 Å². The Hall–Kier alpha value is -2.90. The van der Waals surface area contributed by atoms with Crippen molar-refractivity contribution in [1.82, 2.24) is 20.0 Å². The van der Waals surface area contributed by atoms with Gasteiger partial charge in [0.15, 0.2) is 0 Å². The number of nitrogens with one attached hydrogen (secondary N) is 1. The number of carbonyl (C=O) groups excluding carboxylic acids is 1. The SMILES string of the molecule is Cn1cc(-c2c(OCC(O)CN3CCNC(=O)C3)ccc3ccccc23)cn1. The molecule has 0 spiro atoms. The zero-order valence-corrected chi connectivity index (χ0v) is 15.8. The van der Waals surface area contributed by atoms with E-state index < -0.39 is 6.10 Å². The Morgan fingerprint density at radius 2 is 2.14 bits per heavy atom. The molecule has 1 saturated heterocycles.